The van der Waals surface area contributed by atoms with Crippen molar-refractivity contribution in [2.75, 3.05) is 6.54 Å². The van der Waals surface area contributed by atoms with Gasteiger partial charge in [-0.3, -0.25) is 4.79 Å². The smallest absolute Gasteiger partial charge is 0.304 e. The predicted octanol–water partition coefficient (Wildman–Crippen LogP) is 2.18. The molecule has 3 nitrogen and oxygen atoms in total. The molecule has 0 amide bonds. The van der Waals surface area contributed by atoms with Crippen LogP contribution in [-0.4, -0.2) is 17.6 Å². The van der Waals surface area contributed by atoms with Crippen molar-refractivity contribution in [3.05, 3.63) is 29.8 Å². The topological polar surface area (TPSA) is 63.3 Å². The molecule has 1 unspecified atom stereocenters. The molecule has 1 aromatic rings. The van der Waals surface area contributed by atoms with E-state index in [2.05, 4.69) is 0 Å². The first kappa shape index (κ1) is 12.0. The summed E-state index contributed by atoms with van der Waals surface area (Å²) < 4.78 is 12.1. The van der Waals surface area contributed by atoms with Crippen molar-refractivity contribution in [1.82, 2.24) is 0 Å². The largest absolute Gasteiger partial charge is 0.481 e. The third kappa shape index (κ3) is 3.53. The molecule has 82 valence electrons. The number of carboxylic acid groups (broad SMARTS) is 1. The molecule has 5 heteroatoms. The third-order valence-corrected chi connectivity index (χ3v) is 2.60. The molecule has 0 fully saturated rings. The van der Waals surface area contributed by atoms with Gasteiger partial charge in [-0.05, 0) is 24.2 Å². The molecule has 0 aliphatic heterocycles. The van der Waals surface area contributed by atoms with Crippen molar-refractivity contribution >= 4 is 18.1 Å². The lowest BCUT2D eigenvalue weighted by Gasteiger charge is -2.12. The molecule has 0 bridgehead atoms. The van der Waals surface area contributed by atoms with Gasteiger partial charge in [0.15, 0.2) is 0 Å². The second-order valence-electron chi connectivity index (χ2n) is 3.18. The number of nitrogens with two attached hydrogens (primary N) is 1. The van der Waals surface area contributed by atoms with Crippen molar-refractivity contribution < 1.29 is 13.8 Å². The van der Waals surface area contributed by atoms with E-state index in [9.17, 15) is 8.68 Å². The summed E-state index contributed by atoms with van der Waals surface area (Å²) in [6, 6.07) is 6.65. The van der Waals surface area contributed by atoms with E-state index in [0.717, 1.165) is 5.56 Å². The standard InChI is InChI=1S/C10H12FNO2S/c11-15-9-3-1-7(2-4-9)8(6-12)5-10(13)14/h1-4,8H,5-6,12H2,(H,13,14). The molecule has 0 aliphatic carbocycles. The average Bonchev–Trinajstić information content (AvgIpc) is 2.26. The minimum atomic E-state index is -0.880. The highest BCUT2D eigenvalue weighted by molar-refractivity contribution is 7.94. The van der Waals surface area contributed by atoms with Gasteiger partial charge in [-0.25, -0.2) is 0 Å². The Bertz CT molecular complexity index is 329. The zero-order valence-corrected chi connectivity index (χ0v) is 8.84. The summed E-state index contributed by atoms with van der Waals surface area (Å²) >= 11 is 0.163. The molecule has 0 aliphatic rings. The van der Waals surface area contributed by atoms with Crippen molar-refractivity contribution in [2.24, 2.45) is 5.73 Å². The van der Waals surface area contributed by atoms with Gasteiger partial charge in [-0.1, -0.05) is 12.1 Å². The second kappa shape index (κ2) is 5.72. The summed E-state index contributed by atoms with van der Waals surface area (Å²) in [6.07, 6.45) is -0.00137. The summed E-state index contributed by atoms with van der Waals surface area (Å²) in [5.74, 6) is -1.09. The van der Waals surface area contributed by atoms with E-state index in [-0.39, 0.29) is 31.0 Å². The Labute approximate surface area is 91.8 Å². The van der Waals surface area contributed by atoms with Crippen LogP contribution in [0.3, 0.4) is 0 Å². The molecule has 1 rings (SSSR count). The van der Waals surface area contributed by atoms with Gasteiger partial charge in [0.1, 0.15) is 0 Å². The lowest BCUT2D eigenvalue weighted by atomic mass is 9.96. The Balaban J connectivity index is 2.78. The first-order valence-electron chi connectivity index (χ1n) is 4.47. The van der Waals surface area contributed by atoms with Gasteiger partial charge in [-0.15, -0.1) is 0 Å². The van der Waals surface area contributed by atoms with Gasteiger partial charge >= 0.3 is 5.97 Å². The van der Waals surface area contributed by atoms with Gasteiger partial charge < -0.3 is 10.8 Å². The molecule has 15 heavy (non-hydrogen) atoms. The van der Waals surface area contributed by atoms with Crippen LogP contribution in [0.15, 0.2) is 29.2 Å². The molecule has 1 atom stereocenters. The Morgan fingerprint density at radius 3 is 2.47 bits per heavy atom. The van der Waals surface area contributed by atoms with Crippen molar-refractivity contribution in [3.63, 3.8) is 0 Å². The van der Waals surface area contributed by atoms with Crippen LogP contribution in [0.25, 0.3) is 0 Å². The highest BCUT2D eigenvalue weighted by Crippen LogP contribution is 2.23. The number of aliphatic carboxylic acids is 1. The molecular weight excluding hydrogens is 217 g/mol. The predicted molar refractivity (Wildman–Crippen MR) is 57.5 cm³/mol. The number of hydrogen-bond acceptors (Lipinski definition) is 3. The fourth-order valence-electron chi connectivity index (χ4n) is 1.34. The van der Waals surface area contributed by atoms with E-state index in [0.29, 0.717) is 4.90 Å². The minimum absolute atomic E-state index is 0.00137. The molecule has 0 spiro atoms. The molecule has 0 saturated heterocycles. The van der Waals surface area contributed by atoms with E-state index in [1.54, 1.807) is 24.3 Å². The van der Waals surface area contributed by atoms with Crippen LogP contribution in [0.5, 0.6) is 0 Å². The molecule has 3 N–H and O–H groups in total. The van der Waals surface area contributed by atoms with E-state index < -0.39 is 5.97 Å². The molecule has 0 saturated carbocycles. The molecule has 0 radical (unpaired) electrons. The van der Waals surface area contributed by atoms with Gasteiger partial charge in [-0.2, -0.15) is 3.89 Å². The summed E-state index contributed by atoms with van der Waals surface area (Å²) in [5, 5.41) is 8.66. The van der Waals surface area contributed by atoms with Crippen molar-refractivity contribution in [3.8, 4) is 0 Å². The maximum Gasteiger partial charge on any atom is 0.304 e. The lowest BCUT2D eigenvalue weighted by Crippen LogP contribution is -2.16. The zero-order chi connectivity index (χ0) is 11.3. The molecule has 0 aromatic heterocycles. The van der Waals surface area contributed by atoms with Crippen LogP contribution in [0, 0.1) is 0 Å². The first-order chi connectivity index (χ1) is 7.17. The summed E-state index contributed by atoms with van der Waals surface area (Å²) in [4.78, 5) is 11.0. The summed E-state index contributed by atoms with van der Waals surface area (Å²) in [5.41, 5.74) is 6.31. The number of halogens is 1. The lowest BCUT2D eigenvalue weighted by molar-refractivity contribution is -0.137. The first-order valence-corrected chi connectivity index (χ1v) is 5.19. The van der Waals surface area contributed by atoms with Gasteiger partial charge in [0.25, 0.3) is 0 Å². The SMILES string of the molecule is NCC(CC(=O)O)c1ccc(SF)cc1. The van der Waals surface area contributed by atoms with Crippen LogP contribution < -0.4 is 5.73 Å². The van der Waals surface area contributed by atoms with Crippen LogP contribution in [0.2, 0.25) is 0 Å². The Kier molecular flexibility index (Phi) is 4.58. The van der Waals surface area contributed by atoms with Crippen LogP contribution >= 0.6 is 12.1 Å². The molecule has 0 heterocycles. The van der Waals surface area contributed by atoms with E-state index in [1.165, 1.54) is 0 Å². The Hall–Kier alpha value is -1.07. The minimum Gasteiger partial charge on any atom is -0.481 e. The maximum atomic E-state index is 12.1. The highest BCUT2D eigenvalue weighted by Gasteiger charge is 2.13. The van der Waals surface area contributed by atoms with Crippen LogP contribution in [-0.2, 0) is 4.79 Å². The Morgan fingerprint density at radius 2 is 2.07 bits per heavy atom. The van der Waals surface area contributed by atoms with E-state index in [1.807, 2.05) is 0 Å². The fourth-order valence-corrected chi connectivity index (χ4v) is 1.58. The number of carboxylic acids is 1. The second-order valence-corrected chi connectivity index (χ2v) is 3.80. The van der Waals surface area contributed by atoms with Crippen molar-refractivity contribution in [2.45, 2.75) is 17.2 Å². The normalized spacial score (nSPS) is 12.4. The van der Waals surface area contributed by atoms with E-state index in [4.69, 9.17) is 10.8 Å². The monoisotopic (exact) mass is 229 g/mol. The third-order valence-electron chi connectivity index (χ3n) is 2.15. The van der Waals surface area contributed by atoms with E-state index >= 15 is 0 Å². The Morgan fingerprint density at radius 1 is 1.47 bits per heavy atom. The molecule has 1 aromatic carbocycles. The number of benzene rings is 1. The van der Waals surface area contributed by atoms with Gasteiger partial charge in [0.05, 0.1) is 18.6 Å². The number of hydrogen-bond donors (Lipinski definition) is 2. The van der Waals surface area contributed by atoms with Gasteiger partial charge in [0.2, 0.25) is 0 Å². The highest BCUT2D eigenvalue weighted by atomic mass is 32.2. The quantitative estimate of drug-likeness (QED) is 0.812. The molecular formula is C10H12FNO2S. The number of rotatable bonds is 5. The zero-order valence-electron chi connectivity index (χ0n) is 8.02. The van der Waals surface area contributed by atoms with Crippen LogP contribution in [0.1, 0.15) is 17.9 Å². The summed E-state index contributed by atoms with van der Waals surface area (Å²) in [7, 11) is 0. The average molecular weight is 229 g/mol. The summed E-state index contributed by atoms with van der Waals surface area (Å²) in [6.45, 7) is 0.272. The maximum absolute atomic E-state index is 12.1. The number of carbonyl (C=O) groups is 1. The van der Waals surface area contributed by atoms with Crippen LogP contribution in [0.4, 0.5) is 3.89 Å². The van der Waals surface area contributed by atoms with Crippen molar-refractivity contribution in [1.29, 1.82) is 0 Å². The van der Waals surface area contributed by atoms with Gasteiger partial charge in [0, 0.05) is 10.8 Å². The fraction of sp³-hybridized carbons (Fsp3) is 0.300.